The monoisotopic (exact) mass is 349 g/mol. The van der Waals surface area contributed by atoms with Gasteiger partial charge in [-0.05, 0) is 36.1 Å². The Morgan fingerprint density at radius 1 is 1.08 bits per heavy atom. The second kappa shape index (κ2) is 7.16. The van der Waals surface area contributed by atoms with E-state index < -0.39 is 17.7 Å². The van der Waals surface area contributed by atoms with Gasteiger partial charge in [-0.25, -0.2) is 0 Å². The standard InChI is InChI=1S/C22H23NO3/c1-14(2)13-18(24)19-20(17-12-8-7-9-15(17)3)23(22(26)21(19)25)16-10-5-4-6-11-16/h4-12,14,20,25H,13H2,1-3H3. The van der Waals surface area contributed by atoms with Gasteiger partial charge in [-0.15, -0.1) is 0 Å². The van der Waals surface area contributed by atoms with Crippen molar-refractivity contribution in [1.82, 2.24) is 0 Å². The summed E-state index contributed by atoms with van der Waals surface area (Å²) in [6.07, 6.45) is 0.289. The summed E-state index contributed by atoms with van der Waals surface area (Å²) in [5, 5.41) is 10.6. The van der Waals surface area contributed by atoms with Crippen LogP contribution in [0.1, 0.15) is 37.4 Å². The molecule has 134 valence electrons. The minimum atomic E-state index is -0.614. The van der Waals surface area contributed by atoms with Crippen LogP contribution in [0.5, 0.6) is 0 Å². The Morgan fingerprint density at radius 3 is 2.31 bits per heavy atom. The van der Waals surface area contributed by atoms with Crippen molar-refractivity contribution in [2.45, 2.75) is 33.2 Å². The number of aryl methyl sites for hydroxylation is 1. The molecule has 26 heavy (non-hydrogen) atoms. The lowest BCUT2D eigenvalue weighted by Gasteiger charge is -2.28. The van der Waals surface area contributed by atoms with Gasteiger partial charge in [0.2, 0.25) is 0 Å². The van der Waals surface area contributed by atoms with Crippen molar-refractivity contribution >= 4 is 17.4 Å². The molecule has 0 radical (unpaired) electrons. The first-order chi connectivity index (χ1) is 12.4. The number of aliphatic hydroxyl groups is 1. The summed E-state index contributed by atoms with van der Waals surface area (Å²) in [5.74, 6) is -1.01. The molecule has 0 aromatic heterocycles. The summed E-state index contributed by atoms with van der Waals surface area (Å²) < 4.78 is 0. The number of carbonyl (C=O) groups is 2. The molecule has 1 N–H and O–H groups in total. The molecule has 1 aliphatic heterocycles. The van der Waals surface area contributed by atoms with E-state index in [1.807, 2.05) is 75.4 Å². The van der Waals surface area contributed by atoms with Gasteiger partial charge in [-0.1, -0.05) is 56.3 Å². The summed E-state index contributed by atoms with van der Waals surface area (Å²) in [6.45, 7) is 5.84. The van der Waals surface area contributed by atoms with E-state index >= 15 is 0 Å². The predicted molar refractivity (Wildman–Crippen MR) is 102 cm³/mol. The zero-order chi connectivity index (χ0) is 18.8. The molecule has 2 aromatic carbocycles. The van der Waals surface area contributed by atoms with Crippen LogP contribution in [0.15, 0.2) is 65.9 Å². The molecule has 4 nitrogen and oxygen atoms in total. The number of carbonyl (C=O) groups excluding carboxylic acids is 2. The Balaban J connectivity index is 2.17. The van der Waals surface area contributed by atoms with Gasteiger partial charge in [0.25, 0.3) is 5.91 Å². The summed E-state index contributed by atoms with van der Waals surface area (Å²) in [4.78, 5) is 27.3. The summed E-state index contributed by atoms with van der Waals surface area (Å²) in [7, 11) is 0. The molecule has 0 bridgehead atoms. The maximum Gasteiger partial charge on any atom is 0.294 e. The van der Waals surface area contributed by atoms with Crippen LogP contribution in [0.3, 0.4) is 0 Å². The quantitative estimate of drug-likeness (QED) is 0.864. The van der Waals surface area contributed by atoms with Crippen molar-refractivity contribution in [3.05, 3.63) is 77.1 Å². The lowest BCUT2D eigenvalue weighted by molar-refractivity contribution is -0.118. The first kappa shape index (κ1) is 17.9. The maximum absolute atomic E-state index is 12.9. The van der Waals surface area contributed by atoms with Crippen molar-refractivity contribution in [2.24, 2.45) is 5.92 Å². The number of nitrogens with zero attached hydrogens (tertiary/aromatic N) is 1. The molecule has 0 saturated carbocycles. The van der Waals surface area contributed by atoms with Gasteiger partial charge in [0.15, 0.2) is 11.5 Å². The zero-order valence-corrected chi connectivity index (χ0v) is 15.3. The third-order valence-corrected chi connectivity index (χ3v) is 4.62. The van der Waals surface area contributed by atoms with E-state index in [0.717, 1.165) is 11.1 Å². The van der Waals surface area contributed by atoms with Gasteiger partial charge in [0.05, 0.1) is 11.6 Å². The zero-order valence-electron chi connectivity index (χ0n) is 15.3. The molecule has 0 saturated heterocycles. The number of hydrogen-bond donors (Lipinski definition) is 1. The van der Waals surface area contributed by atoms with E-state index in [9.17, 15) is 14.7 Å². The fourth-order valence-corrected chi connectivity index (χ4v) is 3.41. The number of para-hydroxylation sites is 1. The highest BCUT2D eigenvalue weighted by atomic mass is 16.3. The molecular weight excluding hydrogens is 326 g/mol. The van der Waals surface area contributed by atoms with Crippen LogP contribution in [0.25, 0.3) is 0 Å². The Bertz CT molecular complexity index is 868. The smallest absolute Gasteiger partial charge is 0.294 e. The van der Waals surface area contributed by atoms with Gasteiger partial charge in [0.1, 0.15) is 0 Å². The molecule has 2 aromatic rings. The minimum Gasteiger partial charge on any atom is -0.503 e. The SMILES string of the molecule is Cc1ccccc1C1C(C(=O)CC(C)C)=C(O)C(=O)N1c1ccccc1. The number of amides is 1. The first-order valence-electron chi connectivity index (χ1n) is 8.82. The fraction of sp³-hybridized carbons (Fsp3) is 0.273. The molecule has 1 atom stereocenters. The Kier molecular flexibility index (Phi) is 4.94. The largest absolute Gasteiger partial charge is 0.503 e. The van der Waals surface area contributed by atoms with Gasteiger partial charge in [0, 0.05) is 12.1 Å². The van der Waals surface area contributed by atoms with Crippen molar-refractivity contribution < 1.29 is 14.7 Å². The normalized spacial score (nSPS) is 17.3. The summed E-state index contributed by atoms with van der Waals surface area (Å²) >= 11 is 0. The van der Waals surface area contributed by atoms with Crippen LogP contribution in [0.4, 0.5) is 5.69 Å². The molecule has 1 heterocycles. The number of hydrogen-bond acceptors (Lipinski definition) is 3. The number of anilines is 1. The minimum absolute atomic E-state index is 0.140. The van der Waals surface area contributed by atoms with Crippen LogP contribution >= 0.6 is 0 Å². The van der Waals surface area contributed by atoms with Gasteiger partial charge >= 0.3 is 0 Å². The van der Waals surface area contributed by atoms with E-state index in [1.54, 1.807) is 0 Å². The molecule has 0 aliphatic carbocycles. The number of aliphatic hydroxyl groups excluding tert-OH is 1. The van der Waals surface area contributed by atoms with Gasteiger partial charge in [-0.3, -0.25) is 14.5 Å². The summed E-state index contributed by atoms with van der Waals surface area (Å²) in [5.41, 5.74) is 2.67. The van der Waals surface area contributed by atoms with E-state index in [4.69, 9.17) is 0 Å². The lowest BCUT2D eigenvalue weighted by Crippen LogP contribution is -2.31. The number of ketones is 1. The van der Waals surface area contributed by atoms with Crippen LogP contribution in [0, 0.1) is 12.8 Å². The van der Waals surface area contributed by atoms with E-state index in [1.165, 1.54) is 4.90 Å². The van der Waals surface area contributed by atoms with E-state index in [-0.39, 0.29) is 23.7 Å². The average Bonchev–Trinajstić information content (AvgIpc) is 2.87. The van der Waals surface area contributed by atoms with Crippen LogP contribution < -0.4 is 4.90 Å². The number of benzene rings is 2. The highest BCUT2D eigenvalue weighted by Gasteiger charge is 2.44. The highest BCUT2D eigenvalue weighted by Crippen LogP contribution is 2.42. The number of rotatable bonds is 5. The Morgan fingerprint density at radius 2 is 1.69 bits per heavy atom. The van der Waals surface area contributed by atoms with Crippen molar-refractivity contribution in [3.63, 3.8) is 0 Å². The van der Waals surface area contributed by atoms with Crippen molar-refractivity contribution in [3.8, 4) is 0 Å². The van der Waals surface area contributed by atoms with Crippen molar-refractivity contribution in [1.29, 1.82) is 0 Å². The topological polar surface area (TPSA) is 57.6 Å². The maximum atomic E-state index is 12.9. The molecular formula is C22H23NO3. The first-order valence-corrected chi connectivity index (χ1v) is 8.82. The Hall–Kier alpha value is -2.88. The van der Waals surface area contributed by atoms with E-state index in [0.29, 0.717) is 5.69 Å². The number of Topliss-reactive ketones (excluding diaryl/α,β-unsaturated/α-hetero) is 1. The average molecular weight is 349 g/mol. The second-order valence-electron chi connectivity index (χ2n) is 7.05. The molecule has 0 fully saturated rings. The van der Waals surface area contributed by atoms with Crippen molar-refractivity contribution in [2.75, 3.05) is 4.90 Å². The molecule has 3 rings (SSSR count). The molecule has 1 amide bonds. The van der Waals surface area contributed by atoms with E-state index in [2.05, 4.69) is 0 Å². The third kappa shape index (κ3) is 3.15. The fourth-order valence-electron chi connectivity index (χ4n) is 3.41. The highest BCUT2D eigenvalue weighted by molar-refractivity contribution is 6.16. The predicted octanol–water partition coefficient (Wildman–Crippen LogP) is 4.51. The lowest BCUT2D eigenvalue weighted by atomic mass is 9.90. The van der Waals surface area contributed by atoms with Crippen LogP contribution in [0.2, 0.25) is 0 Å². The second-order valence-corrected chi connectivity index (χ2v) is 7.05. The van der Waals surface area contributed by atoms with Crippen LogP contribution in [-0.4, -0.2) is 16.8 Å². The summed E-state index contributed by atoms with van der Waals surface area (Å²) in [6, 6.07) is 16.2. The van der Waals surface area contributed by atoms with Gasteiger partial charge < -0.3 is 5.11 Å². The Labute approximate surface area is 153 Å². The molecule has 1 unspecified atom stereocenters. The molecule has 4 heteroatoms. The van der Waals surface area contributed by atoms with Crippen LogP contribution in [-0.2, 0) is 9.59 Å². The van der Waals surface area contributed by atoms with Gasteiger partial charge in [-0.2, -0.15) is 0 Å². The molecule has 1 aliphatic rings. The molecule has 0 spiro atoms. The third-order valence-electron chi connectivity index (χ3n) is 4.62.